The van der Waals surface area contributed by atoms with E-state index >= 15 is 0 Å². The van der Waals surface area contributed by atoms with Crippen LogP contribution in [0, 0.1) is 12.8 Å². The van der Waals surface area contributed by atoms with Crippen molar-refractivity contribution in [1.29, 1.82) is 0 Å². The first-order valence-corrected chi connectivity index (χ1v) is 10.7. The maximum absolute atomic E-state index is 11.4. The van der Waals surface area contributed by atoms with Gasteiger partial charge in [0.15, 0.2) is 0 Å². The number of aromatic amines is 1. The number of hydrogen-bond acceptors (Lipinski definition) is 4. The Morgan fingerprint density at radius 1 is 1.22 bits per heavy atom. The van der Waals surface area contributed by atoms with Gasteiger partial charge in [0.1, 0.15) is 6.10 Å². The highest BCUT2D eigenvalue weighted by Crippen LogP contribution is 2.36. The number of nitrogens with one attached hydrogen (secondary N) is 1. The quantitative estimate of drug-likeness (QED) is 0.707. The highest BCUT2D eigenvalue weighted by Gasteiger charge is 2.27. The van der Waals surface area contributed by atoms with Gasteiger partial charge in [0, 0.05) is 45.4 Å². The lowest BCUT2D eigenvalue weighted by molar-refractivity contribution is -0.130. The van der Waals surface area contributed by atoms with Crippen molar-refractivity contribution < 1.29 is 9.53 Å². The van der Waals surface area contributed by atoms with E-state index < -0.39 is 0 Å². The molecule has 1 aromatic heterocycles. The Morgan fingerprint density at radius 2 is 1.96 bits per heavy atom. The van der Waals surface area contributed by atoms with Crippen molar-refractivity contribution in [3.63, 3.8) is 0 Å². The minimum Gasteiger partial charge on any atom is -0.372 e. The zero-order valence-electron chi connectivity index (χ0n) is 17.1. The van der Waals surface area contributed by atoms with Gasteiger partial charge in [0.2, 0.25) is 5.91 Å². The topological polar surface area (TPSA) is 61.5 Å². The van der Waals surface area contributed by atoms with E-state index in [9.17, 15) is 4.79 Å². The lowest BCUT2D eigenvalue weighted by Gasteiger charge is -2.34. The van der Waals surface area contributed by atoms with E-state index in [1.165, 1.54) is 32.1 Å². The van der Waals surface area contributed by atoms with E-state index in [0.29, 0.717) is 5.92 Å². The van der Waals surface area contributed by atoms with Crippen LogP contribution in [0.4, 0.5) is 0 Å². The number of piperazine rings is 1. The van der Waals surface area contributed by atoms with Crippen LogP contribution in [0.5, 0.6) is 0 Å². The van der Waals surface area contributed by atoms with Gasteiger partial charge in [-0.2, -0.15) is 5.10 Å². The van der Waals surface area contributed by atoms with Crippen LogP contribution in [0.25, 0.3) is 0 Å². The minimum absolute atomic E-state index is 0.148. The summed E-state index contributed by atoms with van der Waals surface area (Å²) in [6.45, 7) is 9.36. The van der Waals surface area contributed by atoms with Crippen LogP contribution in [-0.2, 0) is 9.53 Å². The molecule has 0 radical (unpaired) electrons. The van der Waals surface area contributed by atoms with Crippen molar-refractivity contribution in [3.8, 4) is 0 Å². The van der Waals surface area contributed by atoms with Crippen LogP contribution in [0.2, 0.25) is 0 Å². The number of unbranched alkanes of at least 4 members (excludes halogenated alkanes) is 1. The molecule has 3 rings (SSSR count). The average Bonchev–Trinajstić information content (AvgIpc) is 3.11. The molecule has 1 N–H and O–H groups in total. The summed E-state index contributed by atoms with van der Waals surface area (Å²) in [7, 11) is 0. The van der Waals surface area contributed by atoms with Gasteiger partial charge < -0.3 is 9.64 Å². The molecule has 0 spiro atoms. The van der Waals surface area contributed by atoms with E-state index in [0.717, 1.165) is 63.6 Å². The van der Waals surface area contributed by atoms with Crippen molar-refractivity contribution in [2.24, 2.45) is 5.92 Å². The second-order valence-corrected chi connectivity index (χ2v) is 8.22. The molecule has 1 unspecified atom stereocenters. The van der Waals surface area contributed by atoms with Crippen molar-refractivity contribution in [3.05, 3.63) is 17.5 Å². The van der Waals surface area contributed by atoms with Gasteiger partial charge in [-0.05, 0) is 51.1 Å². The summed E-state index contributed by atoms with van der Waals surface area (Å²) in [4.78, 5) is 15.8. The summed E-state index contributed by atoms with van der Waals surface area (Å²) < 4.78 is 6.37. The first-order chi connectivity index (χ1) is 13.1. The standard InChI is InChI=1S/C21H36N4O2/c1-17-16-20(23-22-17)21(19-8-4-3-5-9-19)27-15-7-6-10-24-11-13-25(14-12-24)18(2)26/h16,19,21H,3-15H2,1-2H3,(H,22,23). The van der Waals surface area contributed by atoms with E-state index in [4.69, 9.17) is 4.74 Å². The van der Waals surface area contributed by atoms with Gasteiger partial charge in [0.05, 0.1) is 5.69 Å². The van der Waals surface area contributed by atoms with Crippen molar-refractivity contribution in [2.75, 3.05) is 39.3 Å². The molecule has 1 aromatic rings. The fourth-order valence-corrected chi connectivity index (χ4v) is 4.42. The molecule has 1 aliphatic heterocycles. The van der Waals surface area contributed by atoms with Gasteiger partial charge in [-0.15, -0.1) is 0 Å². The van der Waals surface area contributed by atoms with Crippen LogP contribution in [0.3, 0.4) is 0 Å². The number of aryl methyl sites for hydroxylation is 1. The molecule has 152 valence electrons. The molecule has 0 aromatic carbocycles. The Balaban J connectivity index is 1.38. The maximum Gasteiger partial charge on any atom is 0.219 e. The Kier molecular flexibility index (Phi) is 7.70. The molecule has 1 saturated carbocycles. The van der Waals surface area contributed by atoms with Gasteiger partial charge in [-0.1, -0.05) is 19.3 Å². The highest BCUT2D eigenvalue weighted by atomic mass is 16.5. The molecule has 2 fully saturated rings. The summed E-state index contributed by atoms with van der Waals surface area (Å²) in [6.07, 6.45) is 8.90. The first kappa shape index (κ1) is 20.3. The zero-order chi connectivity index (χ0) is 19.1. The van der Waals surface area contributed by atoms with E-state index in [1.54, 1.807) is 6.92 Å². The number of carbonyl (C=O) groups excluding carboxylic acids is 1. The van der Waals surface area contributed by atoms with Crippen LogP contribution < -0.4 is 0 Å². The number of ether oxygens (including phenoxy) is 1. The van der Waals surface area contributed by atoms with Gasteiger partial charge in [-0.25, -0.2) is 0 Å². The van der Waals surface area contributed by atoms with Crippen LogP contribution in [0.15, 0.2) is 6.07 Å². The average molecular weight is 377 g/mol. The number of aromatic nitrogens is 2. The fourth-order valence-electron chi connectivity index (χ4n) is 4.42. The highest BCUT2D eigenvalue weighted by molar-refractivity contribution is 5.73. The second kappa shape index (κ2) is 10.2. The summed E-state index contributed by atoms with van der Waals surface area (Å²) in [6, 6.07) is 2.15. The predicted octanol–water partition coefficient (Wildman–Crippen LogP) is 3.30. The molecule has 2 heterocycles. The normalized spacial score (nSPS) is 20.7. The Labute approximate surface area is 163 Å². The lowest BCUT2D eigenvalue weighted by Crippen LogP contribution is -2.48. The number of hydrogen-bond donors (Lipinski definition) is 1. The third kappa shape index (κ3) is 6.04. The lowest BCUT2D eigenvalue weighted by atomic mass is 9.84. The van der Waals surface area contributed by atoms with E-state index in [1.807, 2.05) is 4.90 Å². The molecule has 27 heavy (non-hydrogen) atoms. The number of carbonyl (C=O) groups is 1. The molecule has 1 saturated heterocycles. The monoisotopic (exact) mass is 376 g/mol. The molecular weight excluding hydrogens is 340 g/mol. The summed E-state index contributed by atoms with van der Waals surface area (Å²) in [5.74, 6) is 0.812. The summed E-state index contributed by atoms with van der Waals surface area (Å²) in [5, 5.41) is 7.57. The molecular formula is C21H36N4O2. The molecule has 1 amide bonds. The third-order valence-corrected chi connectivity index (χ3v) is 6.08. The van der Waals surface area contributed by atoms with E-state index in [-0.39, 0.29) is 12.0 Å². The largest absolute Gasteiger partial charge is 0.372 e. The molecule has 6 heteroatoms. The molecule has 2 aliphatic rings. The molecule has 1 atom stereocenters. The molecule has 0 bridgehead atoms. The van der Waals surface area contributed by atoms with Gasteiger partial charge >= 0.3 is 0 Å². The van der Waals surface area contributed by atoms with Crippen LogP contribution >= 0.6 is 0 Å². The Bertz CT molecular complexity index is 574. The Morgan fingerprint density at radius 3 is 2.59 bits per heavy atom. The Hall–Kier alpha value is -1.40. The number of amides is 1. The van der Waals surface area contributed by atoms with Crippen LogP contribution in [0.1, 0.15) is 69.4 Å². The van der Waals surface area contributed by atoms with Gasteiger partial charge in [0.25, 0.3) is 0 Å². The summed E-state index contributed by atoms with van der Waals surface area (Å²) >= 11 is 0. The third-order valence-electron chi connectivity index (χ3n) is 6.08. The minimum atomic E-state index is 0.148. The molecule has 6 nitrogen and oxygen atoms in total. The van der Waals surface area contributed by atoms with Crippen molar-refractivity contribution in [1.82, 2.24) is 20.0 Å². The van der Waals surface area contributed by atoms with Crippen molar-refractivity contribution >= 4 is 5.91 Å². The van der Waals surface area contributed by atoms with Crippen LogP contribution in [-0.4, -0.2) is 65.2 Å². The van der Waals surface area contributed by atoms with Crippen molar-refractivity contribution in [2.45, 2.75) is 64.9 Å². The smallest absolute Gasteiger partial charge is 0.219 e. The maximum atomic E-state index is 11.4. The zero-order valence-corrected chi connectivity index (χ0v) is 17.1. The number of rotatable bonds is 8. The summed E-state index contributed by atoms with van der Waals surface area (Å²) in [5.41, 5.74) is 2.19. The first-order valence-electron chi connectivity index (χ1n) is 10.7. The predicted molar refractivity (Wildman–Crippen MR) is 107 cm³/mol. The van der Waals surface area contributed by atoms with E-state index in [2.05, 4.69) is 28.1 Å². The number of nitrogens with zero attached hydrogens (tertiary/aromatic N) is 3. The number of H-pyrrole nitrogens is 1. The second-order valence-electron chi connectivity index (χ2n) is 8.22. The fraction of sp³-hybridized carbons (Fsp3) is 0.810. The van der Waals surface area contributed by atoms with Gasteiger partial charge in [-0.3, -0.25) is 14.8 Å². The molecule has 1 aliphatic carbocycles. The SMILES string of the molecule is CC(=O)N1CCN(CCCCOC(c2cc(C)[nH]n2)C2CCCCC2)CC1.